The van der Waals surface area contributed by atoms with Crippen molar-refractivity contribution in [3.63, 3.8) is 0 Å². The Kier molecular flexibility index (Phi) is 3.21. The van der Waals surface area contributed by atoms with Crippen LogP contribution in [0.4, 0.5) is 0 Å². The molecular formula is C19H26O4. The van der Waals surface area contributed by atoms with Gasteiger partial charge in [-0.05, 0) is 66.9 Å². The Morgan fingerprint density at radius 3 is 2.48 bits per heavy atom. The molecule has 23 heavy (non-hydrogen) atoms. The molecule has 0 aromatic carbocycles. The molecule has 3 fully saturated rings. The summed E-state index contributed by atoms with van der Waals surface area (Å²) in [7, 11) is 0. The Morgan fingerprint density at radius 1 is 1.04 bits per heavy atom. The summed E-state index contributed by atoms with van der Waals surface area (Å²) in [6.07, 6.45) is 4.45. The number of Topliss-reactive ketones (excluding diaryl/α,β-unsaturated/α-hetero) is 1. The molecule has 0 saturated heterocycles. The van der Waals surface area contributed by atoms with Crippen molar-refractivity contribution >= 4 is 11.6 Å². The van der Waals surface area contributed by atoms with Crippen LogP contribution < -0.4 is 0 Å². The van der Waals surface area contributed by atoms with Gasteiger partial charge in [0.2, 0.25) is 0 Å². The van der Waals surface area contributed by atoms with E-state index in [4.69, 9.17) is 0 Å². The van der Waals surface area contributed by atoms with E-state index in [2.05, 4.69) is 13.8 Å². The van der Waals surface area contributed by atoms with Crippen molar-refractivity contribution in [2.24, 2.45) is 28.6 Å². The molecule has 2 unspecified atom stereocenters. The van der Waals surface area contributed by atoms with Crippen LogP contribution in [0.5, 0.6) is 0 Å². The van der Waals surface area contributed by atoms with Crippen LogP contribution in [0, 0.1) is 28.6 Å². The van der Waals surface area contributed by atoms with E-state index in [9.17, 15) is 19.8 Å². The Morgan fingerprint density at radius 2 is 1.74 bits per heavy atom. The second-order valence-corrected chi connectivity index (χ2v) is 8.69. The van der Waals surface area contributed by atoms with Gasteiger partial charge in [-0.25, -0.2) is 0 Å². The van der Waals surface area contributed by atoms with E-state index < -0.39 is 12.2 Å². The Labute approximate surface area is 137 Å². The van der Waals surface area contributed by atoms with Crippen LogP contribution in [-0.2, 0) is 9.59 Å². The summed E-state index contributed by atoms with van der Waals surface area (Å²) in [6.45, 7) is 4.22. The molecule has 0 aliphatic heterocycles. The molecule has 0 spiro atoms. The maximum atomic E-state index is 12.4. The van der Waals surface area contributed by atoms with Crippen molar-refractivity contribution in [3.8, 4) is 0 Å². The third-order valence-electron chi connectivity index (χ3n) is 7.72. The van der Waals surface area contributed by atoms with Gasteiger partial charge in [-0.15, -0.1) is 0 Å². The average molecular weight is 318 g/mol. The van der Waals surface area contributed by atoms with Crippen molar-refractivity contribution in [1.29, 1.82) is 0 Å². The molecule has 2 N–H and O–H groups in total. The maximum absolute atomic E-state index is 12.4. The number of carbonyl (C=O) groups excluding carboxylic acids is 2. The van der Waals surface area contributed by atoms with Gasteiger partial charge in [0.05, 0.1) is 6.10 Å². The van der Waals surface area contributed by atoms with E-state index in [0.717, 1.165) is 24.8 Å². The number of hydrogen-bond donors (Lipinski definition) is 2. The number of aliphatic hydroxyl groups excluding tert-OH is 2. The van der Waals surface area contributed by atoms with Gasteiger partial charge in [-0.1, -0.05) is 13.8 Å². The number of rotatable bonds is 0. The SMILES string of the molecule is C[C@]12C[C@H](O)C(=O)C=C1[C@H](O)C[C@@H]1C2CC[C@]2(C)C(=O)CCC12. The summed E-state index contributed by atoms with van der Waals surface area (Å²) in [5.41, 5.74) is 0.284. The van der Waals surface area contributed by atoms with Gasteiger partial charge in [0.15, 0.2) is 5.78 Å². The van der Waals surface area contributed by atoms with Crippen LogP contribution in [-0.4, -0.2) is 34.0 Å². The number of carbonyl (C=O) groups is 2. The fourth-order valence-corrected chi connectivity index (χ4v) is 6.44. The highest BCUT2D eigenvalue weighted by Gasteiger charge is 2.61. The van der Waals surface area contributed by atoms with Gasteiger partial charge in [0.1, 0.15) is 11.9 Å². The van der Waals surface area contributed by atoms with E-state index in [1.807, 2.05) is 0 Å². The predicted molar refractivity (Wildman–Crippen MR) is 84.5 cm³/mol. The van der Waals surface area contributed by atoms with Crippen LogP contribution in [0.15, 0.2) is 11.6 Å². The first-order chi connectivity index (χ1) is 10.8. The fourth-order valence-electron chi connectivity index (χ4n) is 6.44. The fraction of sp³-hybridized carbons (Fsp3) is 0.789. The smallest absolute Gasteiger partial charge is 0.184 e. The summed E-state index contributed by atoms with van der Waals surface area (Å²) in [4.78, 5) is 24.3. The van der Waals surface area contributed by atoms with Crippen molar-refractivity contribution in [2.75, 3.05) is 0 Å². The Bertz CT molecular complexity index is 608. The largest absolute Gasteiger partial charge is 0.389 e. The molecule has 4 aliphatic rings. The highest BCUT2D eigenvalue weighted by molar-refractivity contribution is 5.95. The number of aliphatic hydroxyl groups is 2. The van der Waals surface area contributed by atoms with Gasteiger partial charge >= 0.3 is 0 Å². The molecule has 4 aliphatic carbocycles. The molecular weight excluding hydrogens is 292 g/mol. The summed E-state index contributed by atoms with van der Waals surface area (Å²) in [6, 6.07) is 0. The minimum atomic E-state index is -0.951. The van der Waals surface area contributed by atoms with E-state index >= 15 is 0 Å². The molecule has 0 heterocycles. The van der Waals surface area contributed by atoms with Crippen LogP contribution in [0.2, 0.25) is 0 Å². The van der Waals surface area contributed by atoms with E-state index in [1.165, 1.54) is 6.08 Å². The normalized spacial score (nSPS) is 52.5. The predicted octanol–water partition coefficient (Wildman–Crippen LogP) is 2.03. The van der Waals surface area contributed by atoms with Crippen molar-refractivity contribution in [2.45, 2.75) is 64.6 Å². The lowest BCUT2D eigenvalue weighted by atomic mass is 9.47. The van der Waals surface area contributed by atoms with Gasteiger partial charge < -0.3 is 10.2 Å². The van der Waals surface area contributed by atoms with Crippen molar-refractivity contribution in [1.82, 2.24) is 0 Å². The second-order valence-electron chi connectivity index (χ2n) is 8.69. The summed E-state index contributed by atoms with van der Waals surface area (Å²) >= 11 is 0. The van der Waals surface area contributed by atoms with Crippen LogP contribution in [0.25, 0.3) is 0 Å². The van der Waals surface area contributed by atoms with Gasteiger partial charge in [0.25, 0.3) is 0 Å². The van der Waals surface area contributed by atoms with Gasteiger partial charge in [-0.2, -0.15) is 0 Å². The molecule has 126 valence electrons. The lowest BCUT2D eigenvalue weighted by Crippen LogP contribution is -2.55. The van der Waals surface area contributed by atoms with Crippen LogP contribution in [0.3, 0.4) is 0 Å². The molecule has 4 heteroatoms. The van der Waals surface area contributed by atoms with E-state index in [-0.39, 0.29) is 16.6 Å². The zero-order chi connectivity index (χ0) is 16.6. The third-order valence-corrected chi connectivity index (χ3v) is 7.72. The third kappa shape index (κ3) is 1.91. The lowest BCUT2D eigenvalue weighted by molar-refractivity contribution is -0.137. The number of hydrogen-bond acceptors (Lipinski definition) is 4. The van der Waals surface area contributed by atoms with Gasteiger partial charge in [0, 0.05) is 11.8 Å². The standard InChI is InChI=1S/C19H26O4/c1-18-6-5-12-10(11(18)3-4-17(18)23)7-14(20)13-8-15(21)16(22)9-19(12,13)2/h8,10-12,14,16,20,22H,3-7,9H2,1-2H3/t10-,11?,12?,14+,16-,18-,19+/m0/s1. The number of ketones is 2. The van der Waals surface area contributed by atoms with Crippen molar-refractivity contribution < 1.29 is 19.8 Å². The van der Waals surface area contributed by atoms with Crippen molar-refractivity contribution in [3.05, 3.63) is 11.6 Å². The first kappa shape index (κ1) is 15.5. The second kappa shape index (κ2) is 4.76. The first-order valence-corrected chi connectivity index (χ1v) is 8.93. The molecule has 7 atom stereocenters. The average Bonchev–Trinajstić information content (AvgIpc) is 2.78. The minimum absolute atomic E-state index is 0.221. The quantitative estimate of drug-likeness (QED) is 0.717. The van der Waals surface area contributed by atoms with E-state index in [1.54, 1.807) is 0 Å². The monoisotopic (exact) mass is 318 g/mol. The van der Waals surface area contributed by atoms with E-state index in [0.29, 0.717) is 42.8 Å². The molecule has 0 radical (unpaired) electrons. The molecule has 0 bridgehead atoms. The Hall–Kier alpha value is -1.00. The highest BCUT2D eigenvalue weighted by atomic mass is 16.3. The molecule has 3 saturated carbocycles. The zero-order valence-corrected chi connectivity index (χ0v) is 13.9. The molecule has 0 aromatic rings. The first-order valence-electron chi connectivity index (χ1n) is 8.93. The molecule has 0 aromatic heterocycles. The summed E-state index contributed by atoms with van der Waals surface area (Å²) in [5, 5.41) is 20.8. The number of fused-ring (bicyclic) bond motifs is 5. The highest BCUT2D eigenvalue weighted by Crippen LogP contribution is 2.64. The lowest BCUT2D eigenvalue weighted by Gasteiger charge is -2.58. The maximum Gasteiger partial charge on any atom is 0.184 e. The molecule has 4 rings (SSSR count). The minimum Gasteiger partial charge on any atom is -0.389 e. The topological polar surface area (TPSA) is 74.6 Å². The van der Waals surface area contributed by atoms with Crippen LogP contribution >= 0.6 is 0 Å². The molecule has 0 amide bonds. The van der Waals surface area contributed by atoms with Crippen LogP contribution in [0.1, 0.15) is 52.4 Å². The summed E-state index contributed by atoms with van der Waals surface area (Å²) < 4.78 is 0. The Balaban J connectivity index is 1.75. The zero-order valence-electron chi connectivity index (χ0n) is 13.9. The summed E-state index contributed by atoms with van der Waals surface area (Å²) in [5.74, 6) is 1.13. The molecule has 4 nitrogen and oxygen atoms in total. The van der Waals surface area contributed by atoms with Gasteiger partial charge in [-0.3, -0.25) is 9.59 Å².